The Hall–Kier alpha value is -1.10. The van der Waals surface area contributed by atoms with Crippen LogP contribution in [0.15, 0.2) is 0 Å². The van der Waals surface area contributed by atoms with Gasteiger partial charge in [0.1, 0.15) is 0 Å². The Balaban J connectivity index is 2.28. The first-order valence-electron chi connectivity index (χ1n) is 4.79. The third kappa shape index (κ3) is 3.33. The highest BCUT2D eigenvalue weighted by molar-refractivity contribution is 5.93. The Bertz CT molecular complexity index is 224. The highest BCUT2D eigenvalue weighted by atomic mass is 16.5. The van der Waals surface area contributed by atoms with Crippen LogP contribution in [0.2, 0.25) is 0 Å². The van der Waals surface area contributed by atoms with Gasteiger partial charge in [-0.2, -0.15) is 0 Å². The minimum Gasteiger partial charge on any atom is -0.376 e. The van der Waals surface area contributed by atoms with Gasteiger partial charge in [0.2, 0.25) is 5.91 Å². The number of ether oxygens (including phenoxy) is 1. The van der Waals surface area contributed by atoms with Gasteiger partial charge in [0, 0.05) is 13.5 Å². The summed E-state index contributed by atoms with van der Waals surface area (Å²) in [7, 11) is 0. The first kappa shape index (κ1) is 11.0. The standard InChI is InChI=1S/C9H16N2O3/c1-6(8-4-3-5-14-8)10-9(13)11-7(2)12/h6,8H,3-5H2,1-2H3,(H2,10,11,12,13). The van der Waals surface area contributed by atoms with E-state index < -0.39 is 6.03 Å². The van der Waals surface area contributed by atoms with Crippen LogP contribution < -0.4 is 10.6 Å². The molecular weight excluding hydrogens is 184 g/mol. The van der Waals surface area contributed by atoms with Crippen LogP contribution in [0.1, 0.15) is 26.7 Å². The summed E-state index contributed by atoms with van der Waals surface area (Å²) < 4.78 is 5.39. The fourth-order valence-corrected chi connectivity index (χ4v) is 1.49. The van der Waals surface area contributed by atoms with Crippen molar-refractivity contribution in [1.29, 1.82) is 0 Å². The van der Waals surface area contributed by atoms with E-state index in [4.69, 9.17) is 4.74 Å². The quantitative estimate of drug-likeness (QED) is 0.678. The molecule has 0 aromatic carbocycles. The molecule has 0 radical (unpaired) electrons. The van der Waals surface area contributed by atoms with Crippen molar-refractivity contribution in [2.75, 3.05) is 6.61 Å². The van der Waals surface area contributed by atoms with Crippen molar-refractivity contribution < 1.29 is 14.3 Å². The van der Waals surface area contributed by atoms with Crippen LogP contribution in [-0.4, -0.2) is 30.7 Å². The van der Waals surface area contributed by atoms with Crippen molar-refractivity contribution in [1.82, 2.24) is 10.6 Å². The molecule has 1 rings (SSSR count). The lowest BCUT2D eigenvalue weighted by Crippen LogP contribution is -2.47. The molecule has 0 saturated carbocycles. The Labute approximate surface area is 83.2 Å². The second kappa shape index (κ2) is 4.95. The Morgan fingerprint density at radius 1 is 1.50 bits per heavy atom. The predicted molar refractivity (Wildman–Crippen MR) is 50.8 cm³/mol. The van der Waals surface area contributed by atoms with Gasteiger partial charge in [-0.1, -0.05) is 0 Å². The van der Waals surface area contributed by atoms with E-state index in [2.05, 4.69) is 10.6 Å². The van der Waals surface area contributed by atoms with Crippen molar-refractivity contribution in [2.24, 2.45) is 0 Å². The van der Waals surface area contributed by atoms with Gasteiger partial charge in [-0.3, -0.25) is 10.1 Å². The molecule has 2 N–H and O–H groups in total. The summed E-state index contributed by atoms with van der Waals surface area (Å²) in [6.45, 7) is 3.93. The van der Waals surface area contributed by atoms with Crippen molar-refractivity contribution in [2.45, 2.75) is 38.8 Å². The number of carbonyl (C=O) groups excluding carboxylic acids is 2. The zero-order chi connectivity index (χ0) is 10.6. The van der Waals surface area contributed by atoms with E-state index in [9.17, 15) is 9.59 Å². The van der Waals surface area contributed by atoms with Gasteiger partial charge in [0.15, 0.2) is 0 Å². The SMILES string of the molecule is CC(=O)NC(=O)NC(C)C1CCCO1. The molecule has 2 unspecified atom stereocenters. The zero-order valence-electron chi connectivity index (χ0n) is 8.50. The lowest BCUT2D eigenvalue weighted by atomic mass is 10.1. The second-order valence-electron chi connectivity index (χ2n) is 3.49. The van der Waals surface area contributed by atoms with E-state index in [1.807, 2.05) is 6.92 Å². The van der Waals surface area contributed by atoms with Crippen molar-refractivity contribution in [3.63, 3.8) is 0 Å². The molecule has 0 spiro atoms. The molecule has 1 heterocycles. The molecule has 1 aliphatic rings. The van der Waals surface area contributed by atoms with Crippen molar-refractivity contribution in [3.05, 3.63) is 0 Å². The first-order valence-corrected chi connectivity index (χ1v) is 4.79. The minimum atomic E-state index is -0.458. The maximum atomic E-state index is 11.1. The topological polar surface area (TPSA) is 67.4 Å². The summed E-state index contributed by atoms with van der Waals surface area (Å²) in [5.41, 5.74) is 0. The Kier molecular flexibility index (Phi) is 3.88. The lowest BCUT2D eigenvalue weighted by molar-refractivity contribution is -0.117. The second-order valence-corrected chi connectivity index (χ2v) is 3.49. The van der Waals surface area contributed by atoms with E-state index in [0.29, 0.717) is 0 Å². The molecule has 1 aliphatic heterocycles. The smallest absolute Gasteiger partial charge is 0.321 e. The third-order valence-electron chi connectivity index (χ3n) is 2.17. The molecule has 1 saturated heterocycles. The van der Waals surface area contributed by atoms with E-state index in [-0.39, 0.29) is 18.1 Å². The predicted octanol–water partition coefficient (Wildman–Crippen LogP) is 0.400. The minimum absolute atomic E-state index is 0.0585. The Morgan fingerprint density at radius 3 is 2.71 bits per heavy atom. The van der Waals surface area contributed by atoms with Gasteiger partial charge in [-0.05, 0) is 19.8 Å². The van der Waals surface area contributed by atoms with E-state index >= 15 is 0 Å². The summed E-state index contributed by atoms with van der Waals surface area (Å²) in [6, 6.07) is -0.516. The van der Waals surface area contributed by atoms with Crippen LogP contribution in [-0.2, 0) is 9.53 Å². The molecule has 0 aromatic rings. The number of imide groups is 1. The summed E-state index contributed by atoms with van der Waals surface area (Å²) in [4.78, 5) is 21.7. The van der Waals surface area contributed by atoms with Gasteiger partial charge in [0.25, 0.3) is 0 Å². The maximum Gasteiger partial charge on any atom is 0.321 e. The molecule has 0 aromatic heterocycles. The normalized spacial score (nSPS) is 22.9. The van der Waals surface area contributed by atoms with E-state index in [1.165, 1.54) is 6.92 Å². The van der Waals surface area contributed by atoms with Gasteiger partial charge < -0.3 is 10.1 Å². The van der Waals surface area contributed by atoms with Crippen LogP contribution in [0.3, 0.4) is 0 Å². The van der Waals surface area contributed by atoms with Gasteiger partial charge in [0.05, 0.1) is 12.1 Å². The monoisotopic (exact) mass is 200 g/mol. The van der Waals surface area contributed by atoms with Crippen LogP contribution >= 0.6 is 0 Å². The van der Waals surface area contributed by atoms with Gasteiger partial charge in [-0.15, -0.1) is 0 Å². The van der Waals surface area contributed by atoms with Crippen LogP contribution in [0.5, 0.6) is 0 Å². The fourth-order valence-electron chi connectivity index (χ4n) is 1.49. The summed E-state index contributed by atoms with van der Waals surface area (Å²) in [5.74, 6) is -0.359. The third-order valence-corrected chi connectivity index (χ3v) is 2.17. The lowest BCUT2D eigenvalue weighted by Gasteiger charge is -2.19. The molecule has 0 aliphatic carbocycles. The molecule has 14 heavy (non-hydrogen) atoms. The summed E-state index contributed by atoms with van der Waals surface area (Å²) in [5, 5.41) is 4.81. The molecule has 5 nitrogen and oxygen atoms in total. The number of amides is 3. The summed E-state index contributed by atoms with van der Waals surface area (Å²) in [6.07, 6.45) is 2.07. The van der Waals surface area contributed by atoms with Crippen LogP contribution in [0.4, 0.5) is 4.79 Å². The van der Waals surface area contributed by atoms with Gasteiger partial charge in [-0.25, -0.2) is 4.79 Å². The highest BCUT2D eigenvalue weighted by Crippen LogP contribution is 2.14. The fraction of sp³-hybridized carbons (Fsp3) is 0.778. The van der Waals surface area contributed by atoms with Gasteiger partial charge >= 0.3 is 6.03 Å². The molecule has 0 bridgehead atoms. The number of hydrogen-bond acceptors (Lipinski definition) is 3. The molecule has 1 fully saturated rings. The van der Waals surface area contributed by atoms with Crippen molar-refractivity contribution in [3.8, 4) is 0 Å². The Morgan fingerprint density at radius 2 is 2.21 bits per heavy atom. The number of nitrogens with one attached hydrogen (secondary N) is 2. The van der Waals surface area contributed by atoms with Crippen LogP contribution in [0.25, 0.3) is 0 Å². The van der Waals surface area contributed by atoms with E-state index in [1.54, 1.807) is 0 Å². The first-order chi connectivity index (χ1) is 6.59. The number of urea groups is 1. The number of hydrogen-bond donors (Lipinski definition) is 2. The number of rotatable bonds is 2. The molecule has 3 amide bonds. The zero-order valence-corrected chi connectivity index (χ0v) is 8.50. The molecule has 80 valence electrons. The molecular formula is C9H16N2O3. The highest BCUT2D eigenvalue weighted by Gasteiger charge is 2.23. The average molecular weight is 200 g/mol. The molecule has 2 atom stereocenters. The van der Waals surface area contributed by atoms with Crippen LogP contribution in [0, 0.1) is 0 Å². The van der Waals surface area contributed by atoms with E-state index in [0.717, 1.165) is 19.4 Å². The largest absolute Gasteiger partial charge is 0.376 e. The molecule has 5 heteroatoms. The summed E-state index contributed by atoms with van der Waals surface area (Å²) >= 11 is 0. The maximum absolute atomic E-state index is 11.1. The average Bonchev–Trinajstić information content (AvgIpc) is 2.53. The number of carbonyl (C=O) groups is 2. The van der Waals surface area contributed by atoms with Crippen molar-refractivity contribution >= 4 is 11.9 Å².